The van der Waals surface area contributed by atoms with Gasteiger partial charge in [-0.15, -0.1) is 0 Å². The number of ether oxygens (including phenoxy) is 1. The lowest BCUT2D eigenvalue weighted by Gasteiger charge is -2.21. The van der Waals surface area contributed by atoms with E-state index in [4.69, 9.17) is 4.74 Å². The van der Waals surface area contributed by atoms with Crippen molar-refractivity contribution in [2.75, 3.05) is 7.11 Å². The Morgan fingerprint density at radius 3 is 2.18 bits per heavy atom. The van der Waals surface area contributed by atoms with Gasteiger partial charge in [-0.3, -0.25) is 4.79 Å². The van der Waals surface area contributed by atoms with Gasteiger partial charge < -0.3 is 4.74 Å². The molecular formula is C30H23NO2. The van der Waals surface area contributed by atoms with E-state index in [-0.39, 0.29) is 5.78 Å². The number of hydrogen-bond acceptors (Lipinski definition) is 3. The quantitative estimate of drug-likeness (QED) is 0.275. The lowest BCUT2D eigenvalue weighted by atomic mass is 9.83. The molecule has 4 aromatic carbocycles. The number of methoxy groups -OCH3 is 1. The molecule has 5 aromatic rings. The van der Waals surface area contributed by atoms with Crippen molar-refractivity contribution in [2.24, 2.45) is 0 Å². The predicted octanol–water partition coefficient (Wildman–Crippen LogP) is 6.93. The normalized spacial score (nSPS) is 11.8. The van der Waals surface area contributed by atoms with Crippen molar-refractivity contribution in [1.82, 2.24) is 4.98 Å². The second-order valence-electron chi connectivity index (χ2n) is 7.92. The zero-order valence-electron chi connectivity index (χ0n) is 18.3. The van der Waals surface area contributed by atoms with Gasteiger partial charge >= 0.3 is 0 Å². The highest BCUT2D eigenvalue weighted by Gasteiger charge is 2.29. The Kier molecular flexibility index (Phi) is 5.69. The largest absolute Gasteiger partial charge is 0.481 e. The van der Waals surface area contributed by atoms with Crippen LogP contribution in [0.1, 0.15) is 27.4 Å². The first-order valence-electron chi connectivity index (χ1n) is 10.9. The Balaban J connectivity index is 1.72. The zero-order valence-corrected chi connectivity index (χ0v) is 18.3. The molecule has 0 spiro atoms. The Morgan fingerprint density at radius 1 is 0.758 bits per heavy atom. The van der Waals surface area contributed by atoms with Crippen LogP contribution in [0.4, 0.5) is 0 Å². The van der Waals surface area contributed by atoms with Crippen molar-refractivity contribution in [3.63, 3.8) is 0 Å². The molecular weight excluding hydrogens is 406 g/mol. The molecule has 160 valence electrons. The summed E-state index contributed by atoms with van der Waals surface area (Å²) < 4.78 is 5.65. The van der Waals surface area contributed by atoms with E-state index in [0.717, 1.165) is 33.0 Å². The Hall–Kier alpha value is -4.24. The summed E-state index contributed by atoms with van der Waals surface area (Å²) in [6.07, 6.45) is 1.79. The van der Waals surface area contributed by atoms with Crippen LogP contribution in [0, 0.1) is 0 Å². The van der Waals surface area contributed by atoms with Gasteiger partial charge in [0, 0.05) is 22.9 Å². The summed E-state index contributed by atoms with van der Waals surface area (Å²) in [5, 5.41) is 1.98. The Labute approximate surface area is 193 Å². The van der Waals surface area contributed by atoms with Crippen LogP contribution in [0.15, 0.2) is 115 Å². The molecule has 1 atom stereocenters. The van der Waals surface area contributed by atoms with Crippen LogP contribution in [0.5, 0.6) is 5.88 Å². The molecule has 1 heterocycles. The van der Waals surface area contributed by atoms with Crippen molar-refractivity contribution in [2.45, 2.75) is 5.92 Å². The summed E-state index contributed by atoms with van der Waals surface area (Å²) in [5.41, 5.74) is 4.33. The summed E-state index contributed by atoms with van der Waals surface area (Å²) >= 11 is 0. The van der Waals surface area contributed by atoms with Gasteiger partial charge in [-0.25, -0.2) is 4.98 Å². The summed E-state index contributed by atoms with van der Waals surface area (Å²) in [6, 6.07) is 35.8. The van der Waals surface area contributed by atoms with Gasteiger partial charge in [-0.05, 0) is 28.0 Å². The smallest absolute Gasteiger partial charge is 0.217 e. The van der Waals surface area contributed by atoms with Crippen molar-refractivity contribution < 1.29 is 9.53 Å². The molecule has 0 aliphatic carbocycles. The van der Waals surface area contributed by atoms with Crippen LogP contribution in [0.3, 0.4) is 0 Å². The van der Waals surface area contributed by atoms with E-state index in [1.54, 1.807) is 13.3 Å². The van der Waals surface area contributed by atoms with E-state index >= 15 is 0 Å². The molecule has 0 N–H and O–H groups in total. The molecule has 3 nitrogen and oxygen atoms in total. The first kappa shape index (κ1) is 20.7. The fourth-order valence-corrected chi connectivity index (χ4v) is 4.35. The minimum absolute atomic E-state index is 0.0170. The fourth-order valence-electron chi connectivity index (χ4n) is 4.35. The van der Waals surface area contributed by atoms with E-state index in [9.17, 15) is 4.79 Å². The predicted molar refractivity (Wildman–Crippen MR) is 133 cm³/mol. The second-order valence-corrected chi connectivity index (χ2v) is 7.92. The van der Waals surface area contributed by atoms with E-state index in [0.29, 0.717) is 11.4 Å². The lowest BCUT2D eigenvalue weighted by molar-refractivity contribution is 0.0974. The van der Waals surface area contributed by atoms with Crippen LogP contribution in [0.2, 0.25) is 0 Å². The maximum absolute atomic E-state index is 14.2. The molecule has 1 aromatic heterocycles. The van der Waals surface area contributed by atoms with Crippen LogP contribution in [-0.4, -0.2) is 17.9 Å². The summed E-state index contributed by atoms with van der Waals surface area (Å²) in [7, 11) is 1.60. The monoisotopic (exact) mass is 429 g/mol. The molecule has 0 radical (unpaired) electrons. The number of pyridine rings is 1. The molecule has 0 saturated heterocycles. The molecule has 0 bridgehead atoms. The van der Waals surface area contributed by atoms with Gasteiger partial charge in [0.1, 0.15) is 0 Å². The third kappa shape index (κ3) is 4.01. The van der Waals surface area contributed by atoms with E-state index in [1.165, 1.54) is 0 Å². The standard InChI is InChI=1S/C30H23NO2/c1-33-30-27(19-24(20-31-30)21-11-4-2-5-12-21)28(23-14-6-3-7-15-23)29(32)26-18-10-16-22-13-8-9-17-25(22)26/h2-20,28H,1H3. The van der Waals surface area contributed by atoms with Crippen molar-refractivity contribution >= 4 is 16.6 Å². The highest BCUT2D eigenvalue weighted by atomic mass is 16.5. The molecule has 1 unspecified atom stereocenters. The number of hydrogen-bond donors (Lipinski definition) is 0. The van der Waals surface area contributed by atoms with Crippen LogP contribution in [0.25, 0.3) is 21.9 Å². The number of carbonyl (C=O) groups excluding carboxylic acids is 1. The average molecular weight is 430 g/mol. The molecule has 0 saturated carbocycles. The zero-order chi connectivity index (χ0) is 22.6. The third-order valence-electron chi connectivity index (χ3n) is 5.94. The molecule has 3 heteroatoms. The molecule has 33 heavy (non-hydrogen) atoms. The van der Waals surface area contributed by atoms with Crippen LogP contribution >= 0.6 is 0 Å². The maximum atomic E-state index is 14.2. The first-order valence-corrected chi connectivity index (χ1v) is 10.9. The lowest BCUT2D eigenvalue weighted by Crippen LogP contribution is -2.16. The van der Waals surface area contributed by atoms with Gasteiger partial charge in [0.15, 0.2) is 5.78 Å². The highest BCUT2D eigenvalue weighted by Crippen LogP contribution is 2.37. The van der Waals surface area contributed by atoms with E-state index < -0.39 is 5.92 Å². The summed E-state index contributed by atoms with van der Waals surface area (Å²) in [6.45, 7) is 0. The van der Waals surface area contributed by atoms with Crippen LogP contribution in [-0.2, 0) is 0 Å². The topological polar surface area (TPSA) is 39.2 Å². The molecule has 0 aliphatic rings. The molecule has 0 amide bonds. The number of rotatable bonds is 6. The number of carbonyl (C=O) groups is 1. The fraction of sp³-hybridized carbons (Fsp3) is 0.0667. The Bertz CT molecular complexity index is 1410. The minimum Gasteiger partial charge on any atom is -0.481 e. The number of fused-ring (bicyclic) bond motifs is 1. The van der Waals surface area contributed by atoms with Gasteiger partial charge in [0.05, 0.1) is 13.0 Å². The molecule has 5 rings (SSSR count). The number of aromatic nitrogens is 1. The number of nitrogens with zero attached hydrogens (tertiary/aromatic N) is 1. The van der Waals surface area contributed by atoms with Crippen molar-refractivity contribution in [3.8, 4) is 17.0 Å². The highest BCUT2D eigenvalue weighted by molar-refractivity contribution is 6.12. The maximum Gasteiger partial charge on any atom is 0.217 e. The first-order chi connectivity index (χ1) is 16.3. The van der Waals surface area contributed by atoms with Crippen molar-refractivity contribution in [3.05, 3.63) is 132 Å². The third-order valence-corrected chi connectivity index (χ3v) is 5.94. The number of benzene rings is 4. The number of Topliss-reactive ketones (excluding diaryl/α,β-unsaturated/α-hetero) is 1. The summed E-state index contributed by atoms with van der Waals surface area (Å²) in [5.74, 6) is -0.0800. The van der Waals surface area contributed by atoms with Crippen LogP contribution < -0.4 is 4.74 Å². The van der Waals surface area contributed by atoms with E-state index in [2.05, 4.69) is 4.98 Å². The molecule has 0 aliphatic heterocycles. The average Bonchev–Trinajstić information content (AvgIpc) is 2.89. The van der Waals surface area contributed by atoms with Gasteiger partial charge in [-0.1, -0.05) is 103 Å². The van der Waals surface area contributed by atoms with E-state index in [1.807, 2.05) is 109 Å². The summed E-state index contributed by atoms with van der Waals surface area (Å²) in [4.78, 5) is 18.8. The van der Waals surface area contributed by atoms with Gasteiger partial charge in [0.25, 0.3) is 0 Å². The number of ketones is 1. The van der Waals surface area contributed by atoms with Crippen molar-refractivity contribution in [1.29, 1.82) is 0 Å². The second kappa shape index (κ2) is 9.09. The molecule has 0 fully saturated rings. The SMILES string of the molecule is COc1ncc(-c2ccccc2)cc1C(C(=O)c1cccc2ccccc12)c1ccccc1. The minimum atomic E-state index is -0.553. The van der Waals surface area contributed by atoms with Gasteiger partial charge in [0.2, 0.25) is 5.88 Å². The van der Waals surface area contributed by atoms with Gasteiger partial charge in [-0.2, -0.15) is 0 Å². The Morgan fingerprint density at radius 2 is 1.42 bits per heavy atom.